The number of pyridine rings is 1. The molecule has 1 atom stereocenters. The number of alkyl halides is 3. The summed E-state index contributed by atoms with van der Waals surface area (Å²) < 4.78 is 50.8. The molecule has 0 saturated heterocycles. The van der Waals surface area contributed by atoms with Crippen LogP contribution in [0, 0.1) is 6.92 Å². The highest BCUT2D eigenvalue weighted by molar-refractivity contribution is 6.05. The van der Waals surface area contributed by atoms with Gasteiger partial charge in [-0.3, -0.25) is 9.78 Å². The number of hydrogen-bond acceptors (Lipinski definition) is 4. The normalized spacial score (nSPS) is 12.3. The summed E-state index contributed by atoms with van der Waals surface area (Å²) in [4.78, 5) is 17.2. The zero-order chi connectivity index (χ0) is 24.0. The van der Waals surface area contributed by atoms with Gasteiger partial charge < -0.3 is 14.8 Å². The van der Waals surface area contributed by atoms with E-state index < -0.39 is 11.7 Å². The van der Waals surface area contributed by atoms with Gasteiger partial charge in [0.15, 0.2) is 0 Å². The number of ether oxygens (including phenoxy) is 2. The number of carbonyl (C=O) groups excluding carboxylic acids is 1. The smallest absolute Gasteiger partial charge is 0.419 e. The zero-order valence-corrected chi connectivity index (χ0v) is 18.6. The van der Waals surface area contributed by atoms with Crippen LogP contribution in [-0.4, -0.2) is 17.5 Å². The van der Waals surface area contributed by atoms with Gasteiger partial charge in [-0.2, -0.15) is 13.2 Å². The van der Waals surface area contributed by atoms with E-state index in [-0.39, 0.29) is 23.5 Å². The van der Waals surface area contributed by atoms with Crippen LogP contribution < -0.4 is 10.1 Å². The molecule has 1 unspecified atom stereocenters. The Morgan fingerprint density at radius 1 is 1.09 bits per heavy atom. The van der Waals surface area contributed by atoms with Crippen molar-refractivity contribution in [3.8, 4) is 11.5 Å². The minimum Gasteiger partial charge on any atom is -0.457 e. The minimum absolute atomic E-state index is 0.164. The number of nitrogens with zero attached hydrogens (tertiary/aromatic N) is 1. The van der Waals surface area contributed by atoms with Gasteiger partial charge in [0, 0.05) is 18.4 Å². The highest BCUT2D eigenvalue weighted by Crippen LogP contribution is 2.38. The van der Waals surface area contributed by atoms with E-state index in [0.717, 1.165) is 18.2 Å². The lowest BCUT2D eigenvalue weighted by molar-refractivity contribution is -0.138. The summed E-state index contributed by atoms with van der Waals surface area (Å²) >= 11 is 0. The number of anilines is 1. The molecule has 1 N–H and O–H groups in total. The first-order valence-electron chi connectivity index (χ1n) is 10.5. The number of carbonyl (C=O) groups is 1. The summed E-state index contributed by atoms with van der Waals surface area (Å²) in [7, 11) is 0. The summed E-state index contributed by atoms with van der Waals surface area (Å²) in [5.41, 5.74) is 1.17. The highest BCUT2D eigenvalue weighted by Gasteiger charge is 2.34. The Bertz CT molecular complexity index is 1120. The third-order valence-corrected chi connectivity index (χ3v) is 4.85. The Morgan fingerprint density at radius 3 is 2.55 bits per heavy atom. The van der Waals surface area contributed by atoms with E-state index in [2.05, 4.69) is 10.3 Å². The maximum absolute atomic E-state index is 13.2. The molecule has 33 heavy (non-hydrogen) atoms. The van der Waals surface area contributed by atoms with Crippen molar-refractivity contribution in [1.29, 1.82) is 0 Å². The Kier molecular flexibility index (Phi) is 7.71. The van der Waals surface area contributed by atoms with Crippen LogP contribution in [0.15, 0.2) is 60.7 Å². The molecule has 1 heterocycles. The van der Waals surface area contributed by atoms with Crippen molar-refractivity contribution in [2.24, 2.45) is 0 Å². The van der Waals surface area contributed by atoms with Gasteiger partial charge in [-0.25, -0.2) is 0 Å². The summed E-state index contributed by atoms with van der Waals surface area (Å²) in [6.45, 7) is 6.28. The monoisotopic (exact) mass is 458 g/mol. The SMILES string of the molecule is CCCOC(C)c1ccc(C(=O)Nc2cccc(Oc3ccccc3C(F)(F)F)c2)c(C)n1. The van der Waals surface area contributed by atoms with Crippen LogP contribution in [0.1, 0.15) is 53.7 Å². The van der Waals surface area contributed by atoms with Crippen LogP contribution in [0.2, 0.25) is 0 Å². The Balaban J connectivity index is 1.74. The van der Waals surface area contributed by atoms with Crippen molar-refractivity contribution in [2.75, 3.05) is 11.9 Å². The molecular formula is C25H25F3N2O3. The number of aromatic nitrogens is 1. The predicted octanol–water partition coefficient (Wildman–Crippen LogP) is 6.94. The number of benzene rings is 2. The van der Waals surface area contributed by atoms with E-state index in [9.17, 15) is 18.0 Å². The summed E-state index contributed by atoms with van der Waals surface area (Å²) in [6.07, 6.45) is -3.83. The first-order valence-corrected chi connectivity index (χ1v) is 10.5. The molecule has 0 aliphatic rings. The molecule has 2 aromatic carbocycles. The van der Waals surface area contributed by atoms with Crippen molar-refractivity contribution < 1.29 is 27.4 Å². The molecule has 1 amide bonds. The Morgan fingerprint density at radius 2 is 1.85 bits per heavy atom. The molecular weight excluding hydrogens is 433 g/mol. The maximum atomic E-state index is 13.2. The molecule has 0 bridgehead atoms. The molecule has 3 rings (SSSR count). The quantitative estimate of drug-likeness (QED) is 0.397. The topological polar surface area (TPSA) is 60.5 Å². The van der Waals surface area contributed by atoms with E-state index in [4.69, 9.17) is 9.47 Å². The van der Waals surface area contributed by atoms with Crippen molar-refractivity contribution in [3.63, 3.8) is 0 Å². The third-order valence-electron chi connectivity index (χ3n) is 4.85. The molecule has 174 valence electrons. The Hall–Kier alpha value is -3.39. The van der Waals surface area contributed by atoms with Gasteiger partial charge in [-0.15, -0.1) is 0 Å². The first-order chi connectivity index (χ1) is 15.7. The second-order valence-corrected chi connectivity index (χ2v) is 7.46. The van der Waals surface area contributed by atoms with E-state index in [0.29, 0.717) is 23.6 Å². The molecule has 0 fully saturated rings. The van der Waals surface area contributed by atoms with Crippen LogP contribution in [0.25, 0.3) is 0 Å². The van der Waals surface area contributed by atoms with Gasteiger partial charge >= 0.3 is 6.18 Å². The second-order valence-electron chi connectivity index (χ2n) is 7.46. The molecule has 0 radical (unpaired) electrons. The number of halogens is 3. The van der Waals surface area contributed by atoms with Crippen LogP contribution >= 0.6 is 0 Å². The van der Waals surface area contributed by atoms with Crippen molar-refractivity contribution in [3.05, 3.63) is 83.2 Å². The molecule has 0 aliphatic carbocycles. The average molecular weight is 458 g/mol. The average Bonchev–Trinajstić information content (AvgIpc) is 2.77. The Labute approximate surface area is 190 Å². The maximum Gasteiger partial charge on any atom is 0.419 e. The lowest BCUT2D eigenvalue weighted by Crippen LogP contribution is -2.15. The molecule has 1 aromatic heterocycles. The minimum atomic E-state index is -4.54. The highest BCUT2D eigenvalue weighted by atomic mass is 19.4. The van der Waals surface area contributed by atoms with Gasteiger partial charge in [0.05, 0.1) is 28.6 Å². The zero-order valence-electron chi connectivity index (χ0n) is 18.6. The number of amides is 1. The van der Waals surface area contributed by atoms with Crippen molar-refractivity contribution >= 4 is 11.6 Å². The fourth-order valence-corrected chi connectivity index (χ4v) is 3.18. The lowest BCUT2D eigenvalue weighted by Gasteiger charge is -2.15. The third kappa shape index (κ3) is 6.32. The summed E-state index contributed by atoms with van der Waals surface area (Å²) in [6, 6.07) is 14.6. The largest absolute Gasteiger partial charge is 0.457 e. The summed E-state index contributed by atoms with van der Waals surface area (Å²) in [5.74, 6) is -0.540. The number of hydrogen-bond donors (Lipinski definition) is 1. The second kappa shape index (κ2) is 10.5. The molecule has 0 aliphatic heterocycles. The fourth-order valence-electron chi connectivity index (χ4n) is 3.18. The standard InChI is InChI=1S/C25H25F3N2O3/c1-4-14-32-17(3)22-13-12-20(16(2)29-22)24(31)30-18-8-7-9-19(15-18)33-23-11-6-5-10-21(23)25(26,27)28/h5-13,15,17H,4,14H2,1-3H3,(H,30,31). The van der Waals surface area contributed by atoms with Gasteiger partial charge in [0.2, 0.25) is 0 Å². The molecule has 0 saturated carbocycles. The van der Waals surface area contributed by atoms with Crippen LogP contribution in [0.5, 0.6) is 11.5 Å². The van der Waals surface area contributed by atoms with Gasteiger partial charge in [0.1, 0.15) is 11.5 Å². The number of para-hydroxylation sites is 1. The van der Waals surface area contributed by atoms with Crippen molar-refractivity contribution in [2.45, 2.75) is 39.5 Å². The van der Waals surface area contributed by atoms with Gasteiger partial charge in [0.25, 0.3) is 5.91 Å². The van der Waals surface area contributed by atoms with E-state index in [1.54, 1.807) is 31.2 Å². The van der Waals surface area contributed by atoms with Gasteiger partial charge in [-0.1, -0.05) is 25.1 Å². The fraction of sp³-hybridized carbons (Fsp3) is 0.280. The van der Waals surface area contributed by atoms with Gasteiger partial charge in [-0.05, 0) is 56.7 Å². The van der Waals surface area contributed by atoms with E-state index in [1.165, 1.54) is 30.3 Å². The first kappa shape index (κ1) is 24.3. The summed E-state index contributed by atoms with van der Waals surface area (Å²) in [5, 5.41) is 2.74. The lowest BCUT2D eigenvalue weighted by atomic mass is 10.1. The molecule has 0 spiro atoms. The molecule has 5 nitrogen and oxygen atoms in total. The van der Waals surface area contributed by atoms with Crippen LogP contribution in [0.4, 0.5) is 18.9 Å². The van der Waals surface area contributed by atoms with Crippen LogP contribution in [-0.2, 0) is 10.9 Å². The van der Waals surface area contributed by atoms with Crippen LogP contribution in [0.3, 0.4) is 0 Å². The van der Waals surface area contributed by atoms with Crippen molar-refractivity contribution in [1.82, 2.24) is 4.98 Å². The molecule has 8 heteroatoms. The molecule has 3 aromatic rings. The van der Waals surface area contributed by atoms with E-state index >= 15 is 0 Å². The van der Waals surface area contributed by atoms with E-state index in [1.807, 2.05) is 13.8 Å². The predicted molar refractivity (Wildman–Crippen MR) is 120 cm³/mol. The number of aryl methyl sites for hydroxylation is 1. The number of rotatable bonds is 8. The number of nitrogens with one attached hydrogen (secondary N) is 1.